The minimum absolute atomic E-state index is 0.0628. The second-order valence-corrected chi connectivity index (χ2v) is 5.49. The molecule has 5 heteroatoms. The molecule has 0 atom stereocenters. The Balaban J connectivity index is 1.72. The first-order valence-corrected chi connectivity index (χ1v) is 7.42. The highest BCUT2D eigenvalue weighted by molar-refractivity contribution is 5.95. The lowest BCUT2D eigenvalue weighted by atomic mass is 10.1. The zero-order valence-electron chi connectivity index (χ0n) is 13.2. The van der Waals surface area contributed by atoms with Gasteiger partial charge in [0.2, 0.25) is 0 Å². The summed E-state index contributed by atoms with van der Waals surface area (Å²) in [5.41, 5.74) is 3.75. The molecule has 1 amide bonds. The Kier molecular flexibility index (Phi) is 4.19. The van der Waals surface area contributed by atoms with E-state index in [0.29, 0.717) is 12.1 Å². The van der Waals surface area contributed by atoms with Gasteiger partial charge in [0.05, 0.1) is 0 Å². The summed E-state index contributed by atoms with van der Waals surface area (Å²) in [5, 5.41) is 2.96. The monoisotopic (exact) mass is 306 g/mol. The Hall–Kier alpha value is -2.95. The number of hydrogen-bond donors (Lipinski definition) is 1. The number of aryl methyl sites for hydroxylation is 2. The SMILES string of the molecule is Cc1ccc(C)c(C(=O)NCc2ccnc(-n3ccnc3)c2)c1. The predicted octanol–water partition coefficient (Wildman–Crippen LogP) is 2.81. The lowest BCUT2D eigenvalue weighted by molar-refractivity contribution is 0.0950. The topological polar surface area (TPSA) is 59.8 Å². The molecule has 0 bridgehead atoms. The number of hydrogen-bond acceptors (Lipinski definition) is 3. The van der Waals surface area contributed by atoms with Crippen LogP contribution in [0.5, 0.6) is 0 Å². The van der Waals surface area contributed by atoms with E-state index in [9.17, 15) is 4.79 Å². The molecule has 5 nitrogen and oxygen atoms in total. The van der Waals surface area contributed by atoms with E-state index in [0.717, 1.165) is 22.5 Å². The van der Waals surface area contributed by atoms with E-state index in [1.165, 1.54) is 0 Å². The van der Waals surface area contributed by atoms with Crippen LogP contribution in [0.3, 0.4) is 0 Å². The fraction of sp³-hybridized carbons (Fsp3) is 0.167. The second kappa shape index (κ2) is 6.44. The number of nitrogens with one attached hydrogen (secondary N) is 1. The summed E-state index contributed by atoms with van der Waals surface area (Å²) in [5.74, 6) is 0.716. The highest BCUT2D eigenvalue weighted by Crippen LogP contribution is 2.11. The summed E-state index contributed by atoms with van der Waals surface area (Å²) in [6.07, 6.45) is 6.97. The van der Waals surface area contributed by atoms with Crippen LogP contribution in [0.15, 0.2) is 55.2 Å². The molecular formula is C18H18N4O. The molecule has 0 aliphatic heterocycles. The van der Waals surface area contributed by atoms with E-state index in [-0.39, 0.29) is 5.91 Å². The predicted molar refractivity (Wildman–Crippen MR) is 88.4 cm³/mol. The fourth-order valence-corrected chi connectivity index (χ4v) is 2.36. The van der Waals surface area contributed by atoms with Crippen LogP contribution >= 0.6 is 0 Å². The van der Waals surface area contributed by atoms with E-state index < -0.39 is 0 Å². The van der Waals surface area contributed by atoms with Crippen molar-refractivity contribution in [2.75, 3.05) is 0 Å². The van der Waals surface area contributed by atoms with E-state index in [1.54, 1.807) is 18.7 Å². The number of carbonyl (C=O) groups is 1. The van der Waals surface area contributed by atoms with Crippen LogP contribution in [0, 0.1) is 13.8 Å². The standard InChI is InChI=1S/C18H18N4O/c1-13-3-4-14(2)16(9-13)18(23)21-11-15-5-6-20-17(10-15)22-8-7-19-12-22/h3-10,12H,11H2,1-2H3,(H,21,23). The van der Waals surface area contributed by atoms with Crippen molar-refractivity contribution in [2.24, 2.45) is 0 Å². The summed E-state index contributed by atoms with van der Waals surface area (Å²) in [4.78, 5) is 20.7. The Morgan fingerprint density at radius 3 is 2.83 bits per heavy atom. The molecule has 1 N–H and O–H groups in total. The third-order valence-electron chi connectivity index (χ3n) is 3.67. The molecule has 1 aromatic carbocycles. The van der Waals surface area contributed by atoms with E-state index >= 15 is 0 Å². The summed E-state index contributed by atoms with van der Waals surface area (Å²) < 4.78 is 1.83. The van der Waals surface area contributed by atoms with Gasteiger partial charge in [-0.25, -0.2) is 9.97 Å². The van der Waals surface area contributed by atoms with Gasteiger partial charge in [-0.2, -0.15) is 0 Å². The third-order valence-corrected chi connectivity index (χ3v) is 3.67. The van der Waals surface area contributed by atoms with E-state index in [4.69, 9.17) is 0 Å². The van der Waals surface area contributed by atoms with Crippen LogP contribution in [0.25, 0.3) is 5.82 Å². The van der Waals surface area contributed by atoms with Gasteiger partial charge in [-0.05, 0) is 43.2 Å². The molecule has 0 unspecified atom stereocenters. The maximum Gasteiger partial charge on any atom is 0.251 e. The lowest BCUT2D eigenvalue weighted by Gasteiger charge is -2.09. The number of aromatic nitrogens is 3. The number of amides is 1. The van der Waals surface area contributed by atoms with Gasteiger partial charge in [-0.1, -0.05) is 17.7 Å². The largest absolute Gasteiger partial charge is 0.348 e. The summed E-state index contributed by atoms with van der Waals surface area (Å²) in [6.45, 7) is 4.38. The first kappa shape index (κ1) is 15.0. The number of nitrogens with zero attached hydrogens (tertiary/aromatic N) is 3. The quantitative estimate of drug-likeness (QED) is 0.806. The van der Waals surface area contributed by atoms with Gasteiger partial charge < -0.3 is 5.32 Å². The Labute approximate surface area is 135 Å². The minimum atomic E-state index is -0.0628. The molecule has 0 aliphatic rings. The van der Waals surface area contributed by atoms with Gasteiger partial charge in [-0.3, -0.25) is 9.36 Å². The average Bonchev–Trinajstić information content (AvgIpc) is 3.10. The van der Waals surface area contributed by atoms with Crippen LogP contribution in [0.1, 0.15) is 27.0 Å². The zero-order valence-corrected chi connectivity index (χ0v) is 13.2. The first-order chi connectivity index (χ1) is 11.1. The number of benzene rings is 1. The lowest BCUT2D eigenvalue weighted by Crippen LogP contribution is -2.23. The molecule has 2 aromatic heterocycles. The molecule has 0 saturated carbocycles. The van der Waals surface area contributed by atoms with Gasteiger partial charge in [0, 0.05) is 30.7 Å². The smallest absolute Gasteiger partial charge is 0.251 e. The van der Waals surface area contributed by atoms with Crippen molar-refractivity contribution in [2.45, 2.75) is 20.4 Å². The van der Waals surface area contributed by atoms with Gasteiger partial charge in [-0.15, -0.1) is 0 Å². The van der Waals surface area contributed by atoms with Gasteiger partial charge in [0.15, 0.2) is 0 Å². The van der Waals surface area contributed by atoms with E-state index in [1.807, 2.05) is 54.9 Å². The van der Waals surface area contributed by atoms with Crippen molar-refractivity contribution in [1.82, 2.24) is 19.9 Å². The molecule has 116 valence electrons. The van der Waals surface area contributed by atoms with Gasteiger partial charge >= 0.3 is 0 Å². The highest BCUT2D eigenvalue weighted by Gasteiger charge is 2.09. The van der Waals surface area contributed by atoms with Crippen LogP contribution < -0.4 is 5.32 Å². The van der Waals surface area contributed by atoms with Crippen LogP contribution in [0.2, 0.25) is 0 Å². The Morgan fingerprint density at radius 2 is 2.04 bits per heavy atom. The van der Waals surface area contributed by atoms with E-state index in [2.05, 4.69) is 15.3 Å². The molecule has 0 aliphatic carbocycles. The van der Waals surface area contributed by atoms with Crippen LogP contribution in [-0.4, -0.2) is 20.4 Å². The molecule has 0 radical (unpaired) electrons. The number of imidazole rings is 1. The molecular weight excluding hydrogens is 288 g/mol. The highest BCUT2D eigenvalue weighted by atomic mass is 16.1. The molecule has 0 fully saturated rings. The number of rotatable bonds is 4. The van der Waals surface area contributed by atoms with Crippen LogP contribution in [0.4, 0.5) is 0 Å². The van der Waals surface area contributed by atoms with Crippen LogP contribution in [-0.2, 0) is 6.54 Å². The molecule has 3 rings (SSSR count). The average molecular weight is 306 g/mol. The molecule has 0 saturated heterocycles. The van der Waals surface area contributed by atoms with Crippen molar-refractivity contribution in [3.05, 3.63) is 77.5 Å². The molecule has 3 aromatic rings. The maximum absolute atomic E-state index is 12.4. The molecule has 23 heavy (non-hydrogen) atoms. The number of pyridine rings is 1. The first-order valence-electron chi connectivity index (χ1n) is 7.42. The zero-order chi connectivity index (χ0) is 16.2. The third kappa shape index (κ3) is 3.45. The van der Waals surface area contributed by atoms with Crippen molar-refractivity contribution >= 4 is 5.91 Å². The maximum atomic E-state index is 12.4. The molecule has 0 spiro atoms. The van der Waals surface area contributed by atoms with Crippen molar-refractivity contribution in [3.63, 3.8) is 0 Å². The van der Waals surface area contributed by atoms with Crippen molar-refractivity contribution in [1.29, 1.82) is 0 Å². The molecule has 2 heterocycles. The Morgan fingerprint density at radius 1 is 1.17 bits per heavy atom. The van der Waals surface area contributed by atoms with Gasteiger partial charge in [0.25, 0.3) is 5.91 Å². The fourth-order valence-electron chi connectivity index (χ4n) is 2.36. The summed E-state index contributed by atoms with van der Waals surface area (Å²) in [6, 6.07) is 9.71. The second-order valence-electron chi connectivity index (χ2n) is 5.49. The van der Waals surface area contributed by atoms with Crippen molar-refractivity contribution < 1.29 is 4.79 Å². The normalized spacial score (nSPS) is 10.5. The summed E-state index contributed by atoms with van der Waals surface area (Å²) in [7, 11) is 0. The van der Waals surface area contributed by atoms with Crippen molar-refractivity contribution in [3.8, 4) is 5.82 Å². The number of carbonyl (C=O) groups excluding carboxylic acids is 1. The minimum Gasteiger partial charge on any atom is -0.348 e. The Bertz CT molecular complexity index is 825. The summed E-state index contributed by atoms with van der Waals surface area (Å²) >= 11 is 0. The van der Waals surface area contributed by atoms with Gasteiger partial charge in [0.1, 0.15) is 12.1 Å².